The van der Waals surface area contributed by atoms with Crippen LogP contribution in [-0.2, 0) is 0 Å². The van der Waals surface area contributed by atoms with Crippen LogP contribution >= 0.6 is 22.9 Å². The second-order valence-corrected chi connectivity index (χ2v) is 4.64. The molecule has 0 N–H and O–H groups in total. The Kier molecular flexibility index (Phi) is 2.05. The van der Waals surface area contributed by atoms with Gasteiger partial charge in [-0.1, -0.05) is 0 Å². The SMILES string of the molecule is COc1nsc2sc(C(C)=O)cc12. The molecule has 0 atom stereocenters. The molecule has 13 heavy (non-hydrogen) atoms. The molecule has 0 bridgehead atoms. The molecule has 0 amide bonds. The molecule has 2 aromatic heterocycles. The molecule has 0 saturated heterocycles. The Morgan fingerprint density at radius 2 is 2.38 bits per heavy atom. The van der Waals surface area contributed by atoms with Crippen LogP contribution in [0.2, 0.25) is 0 Å². The fourth-order valence-corrected chi connectivity index (χ4v) is 2.93. The lowest BCUT2D eigenvalue weighted by atomic mass is 10.3. The number of Topliss-reactive ketones (excluding diaryl/α,β-unsaturated/α-hetero) is 1. The standard InChI is InChI=1S/C8H7NO2S2/c1-4(10)6-3-5-7(11-2)9-13-8(5)12-6/h3H,1-2H3. The highest BCUT2D eigenvalue weighted by Crippen LogP contribution is 2.35. The van der Waals surface area contributed by atoms with E-state index in [0.29, 0.717) is 5.88 Å². The first kappa shape index (κ1) is 8.65. The third-order valence-corrected chi connectivity index (χ3v) is 3.83. The van der Waals surface area contributed by atoms with E-state index in [4.69, 9.17) is 4.74 Å². The lowest BCUT2D eigenvalue weighted by Gasteiger charge is -1.89. The van der Waals surface area contributed by atoms with Gasteiger partial charge in [0.1, 0.15) is 4.01 Å². The van der Waals surface area contributed by atoms with Crippen molar-refractivity contribution in [1.82, 2.24) is 4.37 Å². The van der Waals surface area contributed by atoms with Crippen LogP contribution in [0.15, 0.2) is 6.07 Å². The summed E-state index contributed by atoms with van der Waals surface area (Å²) < 4.78 is 10.2. The normalized spacial score (nSPS) is 10.6. The van der Waals surface area contributed by atoms with E-state index >= 15 is 0 Å². The van der Waals surface area contributed by atoms with Gasteiger partial charge in [-0.05, 0) is 24.5 Å². The molecule has 0 fully saturated rings. The van der Waals surface area contributed by atoms with E-state index in [1.54, 1.807) is 14.0 Å². The molecular weight excluding hydrogens is 206 g/mol. The highest BCUT2D eigenvalue weighted by molar-refractivity contribution is 7.37. The maximum Gasteiger partial charge on any atom is 0.233 e. The average molecular weight is 213 g/mol. The van der Waals surface area contributed by atoms with Gasteiger partial charge in [0.2, 0.25) is 5.88 Å². The summed E-state index contributed by atoms with van der Waals surface area (Å²) >= 11 is 2.84. The van der Waals surface area contributed by atoms with Crippen LogP contribution in [0.25, 0.3) is 9.40 Å². The largest absolute Gasteiger partial charge is 0.480 e. The predicted octanol–water partition coefficient (Wildman–Crippen LogP) is 2.57. The Labute approximate surface area is 83.1 Å². The molecule has 0 unspecified atom stereocenters. The van der Waals surface area contributed by atoms with Gasteiger partial charge in [-0.2, -0.15) is 4.37 Å². The summed E-state index contributed by atoms with van der Waals surface area (Å²) in [5.41, 5.74) is 0. The number of rotatable bonds is 2. The van der Waals surface area contributed by atoms with E-state index in [2.05, 4.69) is 4.37 Å². The molecule has 68 valence electrons. The summed E-state index contributed by atoms with van der Waals surface area (Å²) in [5.74, 6) is 0.708. The van der Waals surface area contributed by atoms with E-state index in [-0.39, 0.29) is 5.78 Å². The molecule has 0 radical (unpaired) electrons. The van der Waals surface area contributed by atoms with Crippen molar-refractivity contribution < 1.29 is 9.53 Å². The summed E-state index contributed by atoms with van der Waals surface area (Å²) in [6, 6.07) is 1.84. The van der Waals surface area contributed by atoms with E-state index in [1.807, 2.05) is 6.07 Å². The zero-order valence-electron chi connectivity index (χ0n) is 7.16. The van der Waals surface area contributed by atoms with Crippen molar-refractivity contribution in [3.63, 3.8) is 0 Å². The number of hydrogen-bond acceptors (Lipinski definition) is 5. The van der Waals surface area contributed by atoms with E-state index in [0.717, 1.165) is 14.3 Å². The molecule has 0 aromatic carbocycles. The van der Waals surface area contributed by atoms with Crippen molar-refractivity contribution in [2.75, 3.05) is 7.11 Å². The van der Waals surface area contributed by atoms with E-state index in [1.165, 1.54) is 22.9 Å². The van der Waals surface area contributed by atoms with Gasteiger partial charge < -0.3 is 4.74 Å². The van der Waals surface area contributed by atoms with Crippen molar-refractivity contribution in [3.05, 3.63) is 10.9 Å². The Hall–Kier alpha value is -0.940. The van der Waals surface area contributed by atoms with Gasteiger partial charge >= 0.3 is 0 Å². The summed E-state index contributed by atoms with van der Waals surface area (Å²) in [6.07, 6.45) is 0. The molecule has 5 heteroatoms. The van der Waals surface area contributed by atoms with E-state index < -0.39 is 0 Å². The van der Waals surface area contributed by atoms with Gasteiger partial charge in [0, 0.05) is 0 Å². The highest BCUT2D eigenvalue weighted by Gasteiger charge is 2.12. The monoisotopic (exact) mass is 213 g/mol. The minimum atomic E-state index is 0.0930. The molecule has 0 aliphatic heterocycles. The fourth-order valence-electron chi connectivity index (χ4n) is 1.04. The van der Waals surface area contributed by atoms with Crippen molar-refractivity contribution in [2.45, 2.75) is 6.92 Å². The molecular formula is C8H7NO2S2. The van der Waals surface area contributed by atoms with Crippen LogP contribution in [0.4, 0.5) is 0 Å². The van der Waals surface area contributed by atoms with Crippen molar-refractivity contribution in [2.24, 2.45) is 0 Å². The number of thiophene rings is 1. The Bertz CT molecular complexity index is 458. The van der Waals surface area contributed by atoms with Crippen LogP contribution in [0.3, 0.4) is 0 Å². The Morgan fingerprint density at radius 3 is 3.00 bits per heavy atom. The number of carbonyl (C=O) groups excluding carboxylic acids is 1. The third-order valence-electron chi connectivity index (χ3n) is 1.68. The summed E-state index contributed by atoms with van der Waals surface area (Å²) in [4.78, 5) is 11.8. The van der Waals surface area contributed by atoms with Gasteiger partial charge in [-0.25, -0.2) is 0 Å². The average Bonchev–Trinajstić information content (AvgIpc) is 2.60. The van der Waals surface area contributed by atoms with Crippen LogP contribution in [-0.4, -0.2) is 17.3 Å². The lowest BCUT2D eigenvalue weighted by Crippen LogP contribution is -1.85. The van der Waals surface area contributed by atoms with Crippen molar-refractivity contribution in [3.8, 4) is 5.88 Å². The zero-order chi connectivity index (χ0) is 9.42. The number of ether oxygens (including phenoxy) is 1. The third kappa shape index (κ3) is 1.34. The number of methoxy groups -OCH3 is 1. The second kappa shape index (κ2) is 3.08. The number of ketones is 1. The molecule has 3 nitrogen and oxygen atoms in total. The quantitative estimate of drug-likeness (QED) is 0.720. The van der Waals surface area contributed by atoms with E-state index in [9.17, 15) is 4.79 Å². The van der Waals surface area contributed by atoms with Crippen LogP contribution < -0.4 is 4.74 Å². The molecule has 2 aromatic rings. The Balaban J connectivity index is 2.63. The number of carbonyl (C=O) groups is 1. The molecule has 2 rings (SSSR count). The topological polar surface area (TPSA) is 39.2 Å². The van der Waals surface area contributed by atoms with Crippen LogP contribution in [0.5, 0.6) is 5.88 Å². The lowest BCUT2D eigenvalue weighted by molar-refractivity contribution is 0.102. The second-order valence-electron chi connectivity index (χ2n) is 2.56. The fraction of sp³-hybridized carbons (Fsp3) is 0.250. The number of fused-ring (bicyclic) bond motifs is 1. The molecule has 0 spiro atoms. The molecule has 0 saturated carbocycles. The minimum Gasteiger partial charge on any atom is -0.480 e. The van der Waals surface area contributed by atoms with Crippen LogP contribution in [0, 0.1) is 0 Å². The number of nitrogens with zero attached hydrogens (tertiary/aromatic N) is 1. The first-order valence-corrected chi connectivity index (χ1v) is 5.25. The smallest absolute Gasteiger partial charge is 0.233 e. The minimum absolute atomic E-state index is 0.0930. The van der Waals surface area contributed by atoms with Crippen molar-refractivity contribution >= 4 is 38.1 Å². The molecule has 0 aliphatic carbocycles. The van der Waals surface area contributed by atoms with Gasteiger partial charge in [0.05, 0.1) is 17.4 Å². The number of hydrogen-bond donors (Lipinski definition) is 0. The zero-order valence-corrected chi connectivity index (χ0v) is 8.79. The molecule has 2 heterocycles. The summed E-state index contributed by atoms with van der Waals surface area (Å²) in [5, 5.41) is 0.947. The number of aromatic nitrogens is 1. The van der Waals surface area contributed by atoms with Gasteiger partial charge in [0.15, 0.2) is 5.78 Å². The summed E-state index contributed by atoms with van der Waals surface area (Å²) in [7, 11) is 1.58. The van der Waals surface area contributed by atoms with Gasteiger partial charge in [0.25, 0.3) is 0 Å². The van der Waals surface area contributed by atoms with Crippen LogP contribution in [0.1, 0.15) is 16.6 Å². The summed E-state index contributed by atoms with van der Waals surface area (Å²) in [6.45, 7) is 1.56. The molecule has 0 aliphatic rings. The first-order valence-electron chi connectivity index (χ1n) is 3.66. The van der Waals surface area contributed by atoms with Gasteiger partial charge in [-0.3, -0.25) is 4.79 Å². The van der Waals surface area contributed by atoms with Gasteiger partial charge in [-0.15, -0.1) is 11.3 Å². The first-order chi connectivity index (χ1) is 6.22. The highest BCUT2D eigenvalue weighted by atomic mass is 32.2. The maximum atomic E-state index is 11.1. The Morgan fingerprint density at radius 1 is 1.62 bits per heavy atom. The maximum absolute atomic E-state index is 11.1. The van der Waals surface area contributed by atoms with Crippen molar-refractivity contribution in [1.29, 1.82) is 0 Å². The predicted molar refractivity (Wildman–Crippen MR) is 54.1 cm³/mol.